The van der Waals surface area contributed by atoms with Gasteiger partial charge in [0, 0.05) is 6.04 Å². The smallest absolute Gasteiger partial charge is 0.119 e. The van der Waals surface area contributed by atoms with Crippen LogP contribution in [0.25, 0.3) is 0 Å². The summed E-state index contributed by atoms with van der Waals surface area (Å²) < 4.78 is 5.64. The third-order valence-corrected chi connectivity index (χ3v) is 2.46. The van der Waals surface area contributed by atoms with Gasteiger partial charge in [-0.25, -0.2) is 0 Å². The van der Waals surface area contributed by atoms with Crippen LogP contribution in [-0.4, -0.2) is 19.2 Å². The molecule has 0 bridgehead atoms. The number of benzene rings is 1. The number of rotatable bonds is 7. The predicted molar refractivity (Wildman–Crippen MR) is 64.3 cm³/mol. The highest BCUT2D eigenvalue weighted by atomic mass is 16.5. The highest BCUT2D eigenvalue weighted by Crippen LogP contribution is 2.09. The van der Waals surface area contributed by atoms with E-state index in [0.717, 1.165) is 31.7 Å². The van der Waals surface area contributed by atoms with Crippen LogP contribution in [0, 0.1) is 0 Å². The van der Waals surface area contributed by atoms with Gasteiger partial charge in [-0.15, -0.1) is 0 Å². The quantitative estimate of drug-likeness (QED) is 0.742. The van der Waals surface area contributed by atoms with Crippen molar-refractivity contribution in [1.82, 2.24) is 5.32 Å². The Hall–Kier alpha value is -1.02. The van der Waals surface area contributed by atoms with E-state index in [2.05, 4.69) is 19.2 Å². The van der Waals surface area contributed by atoms with Gasteiger partial charge >= 0.3 is 0 Å². The molecule has 0 amide bonds. The van der Waals surface area contributed by atoms with Gasteiger partial charge in [0.2, 0.25) is 0 Å². The van der Waals surface area contributed by atoms with E-state index in [4.69, 9.17) is 4.74 Å². The summed E-state index contributed by atoms with van der Waals surface area (Å²) in [4.78, 5) is 0. The van der Waals surface area contributed by atoms with Crippen molar-refractivity contribution >= 4 is 0 Å². The van der Waals surface area contributed by atoms with Crippen molar-refractivity contribution in [3.63, 3.8) is 0 Å². The van der Waals surface area contributed by atoms with Crippen LogP contribution in [0.2, 0.25) is 0 Å². The van der Waals surface area contributed by atoms with Crippen molar-refractivity contribution in [2.75, 3.05) is 13.2 Å². The van der Waals surface area contributed by atoms with Crippen LogP contribution in [0.3, 0.4) is 0 Å². The molecule has 0 saturated carbocycles. The fourth-order valence-electron chi connectivity index (χ4n) is 1.57. The van der Waals surface area contributed by atoms with E-state index in [-0.39, 0.29) is 0 Å². The zero-order valence-corrected chi connectivity index (χ0v) is 9.70. The lowest BCUT2D eigenvalue weighted by Gasteiger charge is -2.15. The Kier molecular flexibility index (Phi) is 5.86. The highest BCUT2D eigenvalue weighted by Gasteiger charge is 2.03. The van der Waals surface area contributed by atoms with Crippen LogP contribution in [0.5, 0.6) is 5.75 Å². The van der Waals surface area contributed by atoms with E-state index in [0.29, 0.717) is 6.04 Å². The van der Waals surface area contributed by atoms with Crippen LogP contribution >= 0.6 is 0 Å². The standard InChI is InChI=1S/C13H21NO/c1-3-12(14-4-2)10-11-15-13-8-6-5-7-9-13/h5-9,12,14H,3-4,10-11H2,1-2H3. The van der Waals surface area contributed by atoms with Crippen LogP contribution < -0.4 is 10.1 Å². The molecule has 15 heavy (non-hydrogen) atoms. The Labute approximate surface area is 92.6 Å². The Bertz CT molecular complexity index is 248. The van der Waals surface area contributed by atoms with Crippen molar-refractivity contribution in [2.24, 2.45) is 0 Å². The van der Waals surface area contributed by atoms with Gasteiger partial charge < -0.3 is 10.1 Å². The van der Waals surface area contributed by atoms with E-state index in [1.54, 1.807) is 0 Å². The number of hydrogen-bond donors (Lipinski definition) is 1. The van der Waals surface area contributed by atoms with E-state index in [9.17, 15) is 0 Å². The lowest BCUT2D eigenvalue weighted by atomic mass is 10.1. The van der Waals surface area contributed by atoms with Crippen molar-refractivity contribution in [2.45, 2.75) is 32.7 Å². The molecule has 1 aromatic carbocycles. The van der Waals surface area contributed by atoms with Gasteiger partial charge in [-0.3, -0.25) is 0 Å². The SMILES string of the molecule is CCNC(CC)CCOc1ccccc1. The maximum Gasteiger partial charge on any atom is 0.119 e. The monoisotopic (exact) mass is 207 g/mol. The minimum absolute atomic E-state index is 0.582. The molecule has 1 aromatic rings. The Balaban J connectivity index is 2.20. The third kappa shape index (κ3) is 4.84. The average molecular weight is 207 g/mol. The van der Waals surface area contributed by atoms with Gasteiger partial charge in [0.25, 0.3) is 0 Å². The van der Waals surface area contributed by atoms with Gasteiger partial charge in [-0.2, -0.15) is 0 Å². The summed E-state index contributed by atoms with van der Waals surface area (Å²) in [5.74, 6) is 0.962. The molecule has 1 atom stereocenters. The second-order valence-corrected chi connectivity index (χ2v) is 3.61. The Morgan fingerprint density at radius 2 is 1.93 bits per heavy atom. The minimum Gasteiger partial charge on any atom is -0.494 e. The summed E-state index contributed by atoms with van der Waals surface area (Å²) >= 11 is 0. The van der Waals surface area contributed by atoms with Crippen LogP contribution in [0.4, 0.5) is 0 Å². The fourth-order valence-corrected chi connectivity index (χ4v) is 1.57. The average Bonchev–Trinajstić information content (AvgIpc) is 2.29. The molecule has 2 nitrogen and oxygen atoms in total. The summed E-state index contributed by atoms with van der Waals surface area (Å²) in [6, 6.07) is 10.6. The zero-order chi connectivity index (χ0) is 10.9. The topological polar surface area (TPSA) is 21.3 Å². The molecule has 0 saturated heterocycles. The molecule has 0 fully saturated rings. The van der Waals surface area contributed by atoms with Crippen LogP contribution in [0.1, 0.15) is 26.7 Å². The fraction of sp³-hybridized carbons (Fsp3) is 0.538. The van der Waals surface area contributed by atoms with E-state index in [1.165, 1.54) is 0 Å². The maximum absolute atomic E-state index is 5.64. The van der Waals surface area contributed by atoms with Gasteiger partial charge in [-0.1, -0.05) is 32.0 Å². The number of hydrogen-bond acceptors (Lipinski definition) is 2. The van der Waals surface area contributed by atoms with Gasteiger partial charge in [-0.05, 0) is 31.5 Å². The third-order valence-electron chi connectivity index (χ3n) is 2.46. The lowest BCUT2D eigenvalue weighted by Crippen LogP contribution is -2.29. The first-order valence-corrected chi connectivity index (χ1v) is 5.78. The normalized spacial score (nSPS) is 12.4. The largest absolute Gasteiger partial charge is 0.494 e. The van der Waals surface area contributed by atoms with Crippen molar-refractivity contribution in [3.05, 3.63) is 30.3 Å². The molecule has 1 N–H and O–H groups in total. The van der Waals surface area contributed by atoms with Crippen molar-refractivity contribution in [1.29, 1.82) is 0 Å². The molecular weight excluding hydrogens is 186 g/mol. The Morgan fingerprint density at radius 3 is 2.53 bits per heavy atom. The predicted octanol–water partition coefficient (Wildman–Crippen LogP) is 2.84. The molecule has 0 aliphatic heterocycles. The minimum atomic E-state index is 0.582. The summed E-state index contributed by atoms with van der Waals surface area (Å²) in [5, 5.41) is 3.44. The molecule has 0 heterocycles. The Morgan fingerprint density at radius 1 is 1.20 bits per heavy atom. The van der Waals surface area contributed by atoms with Crippen molar-refractivity contribution < 1.29 is 4.74 Å². The molecule has 0 aliphatic carbocycles. The summed E-state index contributed by atoms with van der Waals surface area (Å²) in [5.41, 5.74) is 0. The van der Waals surface area contributed by atoms with E-state index >= 15 is 0 Å². The summed E-state index contributed by atoms with van der Waals surface area (Å²) in [7, 11) is 0. The van der Waals surface area contributed by atoms with Crippen molar-refractivity contribution in [3.8, 4) is 5.75 Å². The van der Waals surface area contributed by atoms with E-state index < -0.39 is 0 Å². The molecule has 0 aromatic heterocycles. The molecular formula is C13H21NO. The first-order valence-electron chi connectivity index (χ1n) is 5.78. The molecule has 2 heteroatoms. The molecule has 1 unspecified atom stereocenters. The number of para-hydroxylation sites is 1. The van der Waals surface area contributed by atoms with Gasteiger partial charge in [0.15, 0.2) is 0 Å². The highest BCUT2D eigenvalue weighted by molar-refractivity contribution is 5.20. The van der Waals surface area contributed by atoms with Gasteiger partial charge in [0.05, 0.1) is 6.61 Å². The second-order valence-electron chi connectivity index (χ2n) is 3.61. The summed E-state index contributed by atoms with van der Waals surface area (Å²) in [6.45, 7) is 6.16. The molecule has 0 spiro atoms. The van der Waals surface area contributed by atoms with Crippen LogP contribution in [0.15, 0.2) is 30.3 Å². The lowest BCUT2D eigenvalue weighted by molar-refractivity contribution is 0.284. The number of nitrogens with one attached hydrogen (secondary N) is 1. The second kappa shape index (κ2) is 7.30. The zero-order valence-electron chi connectivity index (χ0n) is 9.70. The summed E-state index contributed by atoms with van der Waals surface area (Å²) in [6.07, 6.45) is 2.23. The van der Waals surface area contributed by atoms with Gasteiger partial charge in [0.1, 0.15) is 5.75 Å². The van der Waals surface area contributed by atoms with E-state index in [1.807, 2.05) is 30.3 Å². The van der Waals surface area contributed by atoms with Crippen LogP contribution in [-0.2, 0) is 0 Å². The number of ether oxygens (including phenoxy) is 1. The maximum atomic E-state index is 5.64. The molecule has 84 valence electrons. The molecule has 0 radical (unpaired) electrons. The first-order chi connectivity index (χ1) is 7.36. The molecule has 0 aliphatic rings. The molecule has 1 rings (SSSR count). The first kappa shape index (κ1) is 12.1.